The van der Waals surface area contributed by atoms with Crippen molar-refractivity contribution in [2.75, 3.05) is 6.61 Å². The molecule has 13 heavy (non-hydrogen) atoms. The van der Waals surface area contributed by atoms with Crippen LogP contribution in [0.2, 0.25) is 0 Å². The molecular formula is C11H14OS. The highest BCUT2D eigenvalue weighted by Crippen LogP contribution is 2.40. The van der Waals surface area contributed by atoms with Gasteiger partial charge in [-0.25, -0.2) is 0 Å². The van der Waals surface area contributed by atoms with Gasteiger partial charge in [0, 0.05) is 16.8 Å². The third-order valence-corrected chi connectivity index (χ3v) is 4.08. The fraction of sp³-hybridized carbons (Fsp3) is 0.455. The Bertz CT molecular complexity index is 258. The third kappa shape index (κ3) is 2.06. The number of rotatable bonds is 3. The third-order valence-electron chi connectivity index (χ3n) is 2.61. The molecule has 1 N–H and O–H groups in total. The van der Waals surface area contributed by atoms with E-state index in [0.717, 1.165) is 0 Å². The van der Waals surface area contributed by atoms with Crippen molar-refractivity contribution in [3.8, 4) is 0 Å². The maximum absolute atomic E-state index is 9.02. The van der Waals surface area contributed by atoms with E-state index in [4.69, 9.17) is 5.11 Å². The summed E-state index contributed by atoms with van der Waals surface area (Å²) in [6.07, 6.45) is 2.45. The standard InChI is InChI=1S/C11H14OS/c12-8-9-6-7-11(9)13-10-4-2-1-3-5-10/h1-5,9,11-12H,6-8H2/t9-,11-/m0/s1. The van der Waals surface area contributed by atoms with Crippen molar-refractivity contribution in [2.45, 2.75) is 23.0 Å². The Kier molecular flexibility index (Phi) is 2.91. The summed E-state index contributed by atoms with van der Waals surface area (Å²) in [5.41, 5.74) is 0. The summed E-state index contributed by atoms with van der Waals surface area (Å²) in [6, 6.07) is 10.4. The minimum absolute atomic E-state index is 0.352. The van der Waals surface area contributed by atoms with Crippen LogP contribution < -0.4 is 0 Å². The molecule has 2 heteroatoms. The maximum atomic E-state index is 9.02. The van der Waals surface area contributed by atoms with Crippen LogP contribution in [0.25, 0.3) is 0 Å². The fourth-order valence-corrected chi connectivity index (χ4v) is 2.91. The molecule has 1 saturated carbocycles. The van der Waals surface area contributed by atoms with Crippen LogP contribution in [0.4, 0.5) is 0 Å². The highest BCUT2D eigenvalue weighted by Gasteiger charge is 2.30. The number of hydrogen-bond acceptors (Lipinski definition) is 2. The first-order chi connectivity index (χ1) is 6.40. The molecule has 0 amide bonds. The smallest absolute Gasteiger partial charge is 0.0469 e. The second-order valence-corrected chi connectivity index (χ2v) is 4.80. The molecule has 2 atom stereocenters. The summed E-state index contributed by atoms with van der Waals surface area (Å²) in [5.74, 6) is 0.533. The van der Waals surface area contributed by atoms with Gasteiger partial charge >= 0.3 is 0 Å². The highest BCUT2D eigenvalue weighted by atomic mass is 32.2. The largest absolute Gasteiger partial charge is 0.396 e. The lowest BCUT2D eigenvalue weighted by molar-refractivity contribution is 0.170. The van der Waals surface area contributed by atoms with E-state index in [-0.39, 0.29) is 0 Å². The molecule has 0 radical (unpaired) electrons. The summed E-state index contributed by atoms with van der Waals surface area (Å²) >= 11 is 1.90. The minimum atomic E-state index is 0.352. The molecule has 1 aromatic carbocycles. The summed E-state index contributed by atoms with van der Waals surface area (Å²) < 4.78 is 0. The van der Waals surface area contributed by atoms with Crippen molar-refractivity contribution in [1.82, 2.24) is 0 Å². The second kappa shape index (κ2) is 4.16. The van der Waals surface area contributed by atoms with E-state index >= 15 is 0 Å². The van der Waals surface area contributed by atoms with E-state index < -0.39 is 0 Å². The molecular weight excluding hydrogens is 180 g/mol. The van der Waals surface area contributed by atoms with Gasteiger partial charge in [-0.2, -0.15) is 0 Å². The zero-order chi connectivity index (χ0) is 9.10. The van der Waals surface area contributed by atoms with E-state index in [1.165, 1.54) is 17.7 Å². The van der Waals surface area contributed by atoms with Gasteiger partial charge in [0.05, 0.1) is 0 Å². The highest BCUT2D eigenvalue weighted by molar-refractivity contribution is 8.00. The van der Waals surface area contributed by atoms with Crippen LogP contribution in [0.1, 0.15) is 12.8 Å². The normalized spacial score (nSPS) is 26.8. The lowest BCUT2D eigenvalue weighted by atomic mass is 9.85. The zero-order valence-electron chi connectivity index (χ0n) is 7.52. The van der Waals surface area contributed by atoms with Crippen LogP contribution in [-0.2, 0) is 0 Å². The quantitative estimate of drug-likeness (QED) is 0.798. The number of thioether (sulfide) groups is 1. The van der Waals surface area contributed by atoms with Crippen LogP contribution >= 0.6 is 11.8 Å². The first-order valence-electron chi connectivity index (χ1n) is 4.72. The molecule has 0 heterocycles. The monoisotopic (exact) mass is 194 g/mol. The van der Waals surface area contributed by atoms with Gasteiger partial charge in [-0.3, -0.25) is 0 Å². The Balaban J connectivity index is 1.92. The van der Waals surface area contributed by atoms with Crippen molar-refractivity contribution < 1.29 is 5.11 Å². The maximum Gasteiger partial charge on any atom is 0.0469 e. The lowest BCUT2D eigenvalue weighted by Crippen LogP contribution is -2.31. The van der Waals surface area contributed by atoms with Crippen LogP contribution in [0.15, 0.2) is 35.2 Å². The predicted molar refractivity (Wildman–Crippen MR) is 55.9 cm³/mol. The van der Waals surface area contributed by atoms with E-state index in [1.807, 2.05) is 17.8 Å². The molecule has 0 aromatic heterocycles. The fourth-order valence-electron chi connectivity index (χ4n) is 1.58. The van der Waals surface area contributed by atoms with Crippen molar-refractivity contribution in [3.05, 3.63) is 30.3 Å². The molecule has 1 aliphatic rings. The molecule has 1 nitrogen and oxygen atoms in total. The van der Waals surface area contributed by atoms with Crippen LogP contribution in [0, 0.1) is 5.92 Å². The summed E-state index contributed by atoms with van der Waals surface area (Å²) in [7, 11) is 0. The number of hydrogen-bond donors (Lipinski definition) is 1. The summed E-state index contributed by atoms with van der Waals surface area (Å²) in [5, 5.41) is 9.67. The van der Waals surface area contributed by atoms with Crippen LogP contribution in [-0.4, -0.2) is 17.0 Å². The molecule has 0 unspecified atom stereocenters. The van der Waals surface area contributed by atoms with Gasteiger partial charge < -0.3 is 5.11 Å². The number of benzene rings is 1. The van der Waals surface area contributed by atoms with Gasteiger partial charge in [-0.05, 0) is 30.9 Å². The van der Waals surface area contributed by atoms with Gasteiger partial charge in [0.2, 0.25) is 0 Å². The zero-order valence-corrected chi connectivity index (χ0v) is 8.33. The molecule has 2 rings (SSSR count). The molecule has 1 aliphatic carbocycles. The van der Waals surface area contributed by atoms with Crippen LogP contribution in [0.3, 0.4) is 0 Å². The summed E-state index contributed by atoms with van der Waals surface area (Å²) in [4.78, 5) is 1.32. The second-order valence-electron chi connectivity index (χ2n) is 3.49. The van der Waals surface area contributed by atoms with Crippen molar-refractivity contribution >= 4 is 11.8 Å². The van der Waals surface area contributed by atoms with E-state index in [0.29, 0.717) is 17.8 Å². The topological polar surface area (TPSA) is 20.2 Å². The van der Waals surface area contributed by atoms with Crippen molar-refractivity contribution in [1.29, 1.82) is 0 Å². The molecule has 1 aromatic rings. The van der Waals surface area contributed by atoms with Gasteiger partial charge in [-0.1, -0.05) is 18.2 Å². The van der Waals surface area contributed by atoms with E-state index in [1.54, 1.807) is 0 Å². The Hall–Kier alpha value is -0.470. The Morgan fingerprint density at radius 2 is 2.00 bits per heavy atom. The predicted octanol–water partition coefficient (Wildman–Crippen LogP) is 2.55. The molecule has 0 spiro atoms. The average molecular weight is 194 g/mol. The minimum Gasteiger partial charge on any atom is -0.396 e. The Morgan fingerprint density at radius 1 is 1.23 bits per heavy atom. The molecule has 1 fully saturated rings. The molecule has 70 valence electrons. The molecule has 0 saturated heterocycles. The van der Waals surface area contributed by atoms with Crippen molar-refractivity contribution in [2.24, 2.45) is 5.92 Å². The Morgan fingerprint density at radius 3 is 2.54 bits per heavy atom. The molecule has 0 aliphatic heterocycles. The lowest BCUT2D eigenvalue weighted by Gasteiger charge is -2.34. The Labute approximate surface area is 83.2 Å². The summed E-state index contributed by atoms with van der Waals surface area (Å²) in [6.45, 7) is 0.352. The van der Waals surface area contributed by atoms with Crippen molar-refractivity contribution in [3.63, 3.8) is 0 Å². The van der Waals surface area contributed by atoms with Gasteiger partial charge in [0.15, 0.2) is 0 Å². The first kappa shape index (κ1) is 9.10. The number of aliphatic hydroxyl groups is 1. The number of aliphatic hydroxyl groups excluding tert-OH is 1. The SMILES string of the molecule is OC[C@@H]1CC[C@@H]1Sc1ccccc1. The van der Waals surface area contributed by atoms with Gasteiger partial charge in [0.25, 0.3) is 0 Å². The van der Waals surface area contributed by atoms with E-state index in [9.17, 15) is 0 Å². The first-order valence-corrected chi connectivity index (χ1v) is 5.60. The van der Waals surface area contributed by atoms with Gasteiger partial charge in [-0.15, -0.1) is 11.8 Å². The molecule has 0 bridgehead atoms. The van der Waals surface area contributed by atoms with E-state index in [2.05, 4.69) is 24.3 Å². The average Bonchev–Trinajstić information content (AvgIpc) is 2.15. The van der Waals surface area contributed by atoms with Crippen LogP contribution in [0.5, 0.6) is 0 Å². The van der Waals surface area contributed by atoms with Gasteiger partial charge in [0.1, 0.15) is 0 Å².